The highest BCUT2D eigenvalue weighted by atomic mass is 28.4. The molecule has 0 bridgehead atoms. The third-order valence-corrected chi connectivity index (χ3v) is 11.4. The van der Waals surface area contributed by atoms with Crippen LogP contribution >= 0.6 is 0 Å². The smallest absolute Gasteiger partial charge is 0.339 e. The van der Waals surface area contributed by atoms with Crippen LogP contribution in [0, 0.1) is 0 Å². The summed E-state index contributed by atoms with van der Waals surface area (Å²) in [6, 6.07) is 29.1. The molecule has 2 atom stereocenters. The third kappa shape index (κ3) is 5.10. The van der Waals surface area contributed by atoms with Gasteiger partial charge in [-0.05, 0) is 41.4 Å². The van der Waals surface area contributed by atoms with Crippen molar-refractivity contribution in [2.75, 3.05) is 12.2 Å². The maximum atomic E-state index is 13.6. The summed E-state index contributed by atoms with van der Waals surface area (Å²) in [7, 11) is -0.946. The number of nitrogens with zero attached hydrogens (tertiary/aromatic N) is 1. The number of hydrogen-bond acceptors (Lipinski definition) is 5. The van der Waals surface area contributed by atoms with Gasteiger partial charge in [0.1, 0.15) is 17.4 Å². The summed E-state index contributed by atoms with van der Waals surface area (Å²) in [6.45, 7) is 10.9. The molecule has 0 saturated carbocycles. The molecule has 4 rings (SSSR count). The molecule has 1 aliphatic heterocycles. The van der Waals surface area contributed by atoms with E-state index in [0.717, 1.165) is 16.8 Å². The minimum Gasteiger partial charge on any atom is -0.544 e. The largest absolute Gasteiger partial charge is 0.544 e. The SMILES string of the molecule is COC(=O)C1=C(O[Si](C)(C)C(C)(C)C)[C@@H](c2ccccc2)ON(c2ccccc2)[C@H]1c1ccccc1. The van der Waals surface area contributed by atoms with Crippen LogP contribution in [0.4, 0.5) is 5.69 Å². The second-order valence-electron chi connectivity index (χ2n) is 10.5. The molecule has 0 aliphatic carbocycles. The van der Waals surface area contributed by atoms with E-state index in [2.05, 4.69) is 33.9 Å². The summed E-state index contributed by atoms with van der Waals surface area (Å²) in [5.74, 6) is 0.100. The molecule has 0 saturated heterocycles. The standard InChI is InChI=1S/C30H35NO4Si/c1-30(2,3)36(5,6)35-28-25(29(32)33-4)26(22-16-10-7-11-17-22)31(24-20-14-9-15-21-24)34-27(28)23-18-12-8-13-19-23/h7-21,26-27H,1-6H3/t26-,27+/m0/s1. The van der Waals surface area contributed by atoms with Gasteiger partial charge in [-0.25, -0.2) is 9.86 Å². The quantitative estimate of drug-likeness (QED) is 0.261. The van der Waals surface area contributed by atoms with Crippen LogP contribution in [-0.2, 0) is 18.8 Å². The fourth-order valence-corrected chi connectivity index (χ4v) is 5.11. The Morgan fingerprint density at radius 3 is 1.83 bits per heavy atom. The van der Waals surface area contributed by atoms with Crippen molar-refractivity contribution in [3.05, 3.63) is 113 Å². The summed E-state index contributed by atoms with van der Waals surface area (Å²) in [5, 5.41) is 1.74. The second-order valence-corrected chi connectivity index (χ2v) is 15.2. The molecular weight excluding hydrogens is 466 g/mol. The molecule has 0 radical (unpaired) electrons. The summed E-state index contributed by atoms with van der Waals surface area (Å²) in [6.07, 6.45) is -0.616. The monoisotopic (exact) mass is 501 g/mol. The minimum atomic E-state index is -2.36. The van der Waals surface area contributed by atoms with Gasteiger partial charge in [-0.3, -0.25) is 4.84 Å². The molecule has 188 valence electrons. The van der Waals surface area contributed by atoms with E-state index in [1.54, 1.807) is 0 Å². The lowest BCUT2D eigenvalue weighted by Gasteiger charge is -2.45. The van der Waals surface area contributed by atoms with Crippen molar-refractivity contribution in [2.45, 2.75) is 51.0 Å². The number of para-hydroxylation sites is 1. The first-order chi connectivity index (χ1) is 17.1. The molecule has 0 N–H and O–H groups in total. The molecule has 6 heteroatoms. The summed E-state index contributed by atoms with van der Waals surface area (Å²) in [5.41, 5.74) is 3.10. The van der Waals surface area contributed by atoms with E-state index >= 15 is 0 Å². The number of methoxy groups -OCH3 is 1. The number of carbonyl (C=O) groups is 1. The molecule has 3 aromatic carbocycles. The lowest BCUT2D eigenvalue weighted by atomic mass is 9.92. The molecule has 0 spiro atoms. The molecule has 3 aromatic rings. The highest BCUT2D eigenvalue weighted by molar-refractivity contribution is 6.74. The van der Waals surface area contributed by atoms with Crippen molar-refractivity contribution in [3.63, 3.8) is 0 Å². The minimum absolute atomic E-state index is 0.0821. The van der Waals surface area contributed by atoms with Crippen LogP contribution in [0.1, 0.15) is 44.0 Å². The van der Waals surface area contributed by atoms with Crippen LogP contribution in [0.3, 0.4) is 0 Å². The van der Waals surface area contributed by atoms with Gasteiger partial charge in [0, 0.05) is 0 Å². The number of hydroxylamine groups is 1. The topological polar surface area (TPSA) is 48.0 Å². The zero-order valence-electron chi connectivity index (χ0n) is 21.9. The summed E-state index contributed by atoms with van der Waals surface area (Å²) in [4.78, 5) is 20.4. The number of rotatable bonds is 6. The van der Waals surface area contributed by atoms with E-state index in [1.807, 2.05) is 96.1 Å². The first-order valence-corrected chi connectivity index (χ1v) is 15.2. The van der Waals surface area contributed by atoms with E-state index < -0.39 is 26.4 Å². The first-order valence-electron chi connectivity index (χ1n) is 12.3. The average molecular weight is 502 g/mol. The van der Waals surface area contributed by atoms with Crippen molar-refractivity contribution < 1.29 is 18.8 Å². The summed E-state index contributed by atoms with van der Waals surface area (Å²) < 4.78 is 12.3. The molecule has 5 nitrogen and oxygen atoms in total. The van der Waals surface area contributed by atoms with Crippen LogP contribution in [0.15, 0.2) is 102 Å². The zero-order valence-corrected chi connectivity index (χ0v) is 22.9. The third-order valence-electron chi connectivity index (χ3n) is 7.04. The highest BCUT2D eigenvalue weighted by Crippen LogP contribution is 2.49. The molecule has 1 aliphatic rings. The van der Waals surface area contributed by atoms with Crippen LogP contribution < -0.4 is 5.06 Å². The number of hydrogen-bond donors (Lipinski definition) is 0. The highest BCUT2D eigenvalue weighted by Gasteiger charge is 2.47. The second kappa shape index (κ2) is 10.3. The van der Waals surface area contributed by atoms with Crippen molar-refractivity contribution in [1.29, 1.82) is 0 Å². The van der Waals surface area contributed by atoms with Crippen molar-refractivity contribution in [3.8, 4) is 0 Å². The van der Waals surface area contributed by atoms with Crippen LogP contribution in [0.25, 0.3) is 0 Å². The predicted molar refractivity (Wildman–Crippen MR) is 146 cm³/mol. The number of benzene rings is 3. The molecule has 1 heterocycles. The van der Waals surface area contributed by atoms with Gasteiger partial charge in [-0.2, -0.15) is 0 Å². The van der Waals surface area contributed by atoms with Crippen LogP contribution in [-0.4, -0.2) is 21.4 Å². The maximum absolute atomic E-state index is 13.6. The zero-order chi connectivity index (χ0) is 25.9. The lowest BCUT2D eigenvalue weighted by molar-refractivity contribution is -0.138. The Morgan fingerprint density at radius 1 is 0.833 bits per heavy atom. The van der Waals surface area contributed by atoms with Crippen molar-refractivity contribution in [2.24, 2.45) is 0 Å². The fourth-order valence-electron chi connectivity index (χ4n) is 4.04. The van der Waals surface area contributed by atoms with E-state index in [4.69, 9.17) is 14.0 Å². The Hall–Kier alpha value is -3.35. The van der Waals surface area contributed by atoms with Gasteiger partial charge in [0.05, 0.1) is 12.8 Å². The number of esters is 1. The molecular formula is C30H35NO4Si. The van der Waals surface area contributed by atoms with Crippen LogP contribution in [0.2, 0.25) is 18.1 Å². The van der Waals surface area contributed by atoms with Gasteiger partial charge in [0.25, 0.3) is 0 Å². The molecule has 36 heavy (non-hydrogen) atoms. The normalized spacial score (nSPS) is 18.7. The van der Waals surface area contributed by atoms with Gasteiger partial charge in [0.2, 0.25) is 8.32 Å². The van der Waals surface area contributed by atoms with E-state index in [0.29, 0.717) is 11.3 Å². The van der Waals surface area contributed by atoms with Gasteiger partial charge in [-0.15, -0.1) is 0 Å². The van der Waals surface area contributed by atoms with Crippen LogP contribution in [0.5, 0.6) is 0 Å². The maximum Gasteiger partial charge on any atom is 0.339 e. The Morgan fingerprint density at radius 2 is 1.33 bits per heavy atom. The van der Waals surface area contributed by atoms with Gasteiger partial charge >= 0.3 is 5.97 Å². The Kier molecular flexibility index (Phi) is 7.38. The molecule has 0 amide bonds. The lowest BCUT2D eigenvalue weighted by Crippen LogP contribution is -2.46. The Balaban J connectivity index is 2.02. The number of carbonyl (C=O) groups excluding carboxylic acids is 1. The molecule has 0 unspecified atom stereocenters. The van der Waals surface area contributed by atoms with Gasteiger partial charge in [-0.1, -0.05) is 99.6 Å². The number of ether oxygens (including phenoxy) is 1. The Labute approximate surface area is 215 Å². The van der Waals surface area contributed by atoms with Crippen molar-refractivity contribution in [1.82, 2.24) is 0 Å². The predicted octanol–water partition coefficient (Wildman–Crippen LogP) is 7.37. The fraction of sp³-hybridized carbons (Fsp3) is 0.300. The molecule has 0 aromatic heterocycles. The molecule has 0 fully saturated rings. The summed E-state index contributed by atoms with van der Waals surface area (Å²) >= 11 is 0. The average Bonchev–Trinajstić information content (AvgIpc) is 2.88. The van der Waals surface area contributed by atoms with Gasteiger partial charge in [0.15, 0.2) is 6.10 Å². The Bertz CT molecular complexity index is 1200. The van der Waals surface area contributed by atoms with E-state index in [9.17, 15) is 4.79 Å². The first kappa shape index (κ1) is 25.7. The van der Waals surface area contributed by atoms with E-state index in [1.165, 1.54) is 7.11 Å². The van der Waals surface area contributed by atoms with E-state index in [-0.39, 0.29) is 5.04 Å². The van der Waals surface area contributed by atoms with Crippen molar-refractivity contribution >= 4 is 20.0 Å². The van der Waals surface area contributed by atoms with Gasteiger partial charge < -0.3 is 9.16 Å². The number of anilines is 1.